The van der Waals surface area contributed by atoms with E-state index in [0.29, 0.717) is 37.0 Å². The van der Waals surface area contributed by atoms with Crippen LogP contribution in [0, 0.1) is 23.2 Å². The minimum absolute atomic E-state index is 0.324. The molecule has 0 aromatic heterocycles. The van der Waals surface area contributed by atoms with Crippen molar-refractivity contribution < 1.29 is 27.8 Å². The molecule has 4 nitrogen and oxygen atoms in total. The van der Waals surface area contributed by atoms with Gasteiger partial charge in [-0.2, -0.15) is 8.78 Å². The quantitative estimate of drug-likeness (QED) is 0.572. The van der Waals surface area contributed by atoms with Crippen LogP contribution in [-0.2, 0) is 19.1 Å². The molecule has 0 spiro atoms. The first-order chi connectivity index (χ1) is 10.3. The fourth-order valence-corrected chi connectivity index (χ4v) is 5.00. The Kier molecular flexibility index (Phi) is 4.08. The predicted octanol–water partition coefficient (Wildman–Crippen LogP) is 3.12. The van der Waals surface area contributed by atoms with E-state index >= 15 is 0 Å². The molecule has 4 fully saturated rings. The summed E-state index contributed by atoms with van der Waals surface area (Å²) in [6.45, 7) is -0.826. The van der Waals surface area contributed by atoms with Gasteiger partial charge in [-0.25, -0.2) is 4.79 Å². The van der Waals surface area contributed by atoms with Crippen LogP contribution in [0.4, 0.5) is 8.78 Å². The van der Waals surface area contributed by atoms with E-state index in [1.807, 2.05) is 0 Å². The summed E-state index contributed by atoms with van der Waals surface area (Å²) < 4.78 is 38.1. The molecule has 7 heteroatoms. The molecule has 4 aliphatic rings. The van der Waals surface area contributed by atoms with Gasteiger partial charge in [-0.15, -0.1) is 11.6 Å². The molecule has 4 saturated carbocycles. The van der Waals surface area contributed by atoms with E-state index in [1.54, 1.807) is 0 Å². The number of hydrogen-bond acceptors (Lipinski definition) is 4. The average molecular weight is 337 g/mol. The minimum Gasteiger partial charge on any atom is -0.453 e. The van der Waals surface area contributed by atoms with Crippen LogP contribution < -0.4 is 0 Å². The van der Waals surface area contributed by atoms with E-state index in [4.69, 9.17) is 11.6 Å². The molecule has 4 aliphatic carbocycles. The fraction of sp³-hybridized carbons (Fsp3) is 0.867. The van der Waals surface area contributed by atoms with Crippen molar-refractivity contribution in [2.75, 3.05) is 12.5 Å². The highest BCUT2D eigenvalue weighted by Gasteiger charge is 2.64. The Morgan fingerprint density at radius 2 is 1.55 bits per heavy atom. The van der Waals surface area contributed by atoms with Crippen molar-refractivity contribution in [3.8, 4) is 0 Å². The number of hydrogen-bond donors (Lipinski definition) is 0. The Hall–Kier alpha value is -0.910. The third kappa shape index (κ3) is 2.82. The van der Waals surface area contributed by atoms with E-state index in [-0.39, 0.29) is 0 Å². The largest absolute Gasteiger partial charge is 0.453 e. The first kappa shape index (κ1) is 16.0. The van der Waals surface area contributed by atoms with E-state index < -0.39 is 35.9 Å². The molecule has 124 valence electrons. The van der Waals surface area contributed by atoms with Crippen LogP contribution in [0.5, 0.6) is 0 Å². The summed E-state index contributed by atoms with van der Waals surface area (Å²) in [7, 11) is 0. The number of esters is 2. The highest BCUT2D eigenvalue weighted by Crippen LogP contribution is 2.65. The van der Waals surface area contributed by atoms with Crippen LogP contribution in [0.25, 0.3) is 0 Å². The first-order valence-corrected chi connectivity index (χ1v) is 8.18. The molecule has 0 heterocycles. The number of carbonyl (C=O) groups excluding carboxylic acids is 2. The molecular weight excluding hydrogens is 318 g/mol. The zero-order chi connectivity index (χ0) is 16.0. The van der Waals surface area contributed by atoms with Crippen LogP contribution >= 0.6 is 11.6 Å². The van der Waals surface area contributed by atoms with Gasteiger partial charge >= 0.3 is 18.0 Å². The normalized spacial score (nSPS) is 36.2. The van der Waals surface area contributed by atoms with Crippen LogP contribution in [-0.4, -0.2) is 30.5 Å². The van der Waals surface area contributed by atoms with E-state index in [9.17, 15) is 18.4 Å². The van der Waals surface area contributed by atoms with Crippen molar-refractivity contribution in [3.05, 3.63) is 0 Å². The number of rotatable bonds is 5. The van der Waals surface area contributed by atoms with Gasteiger partial charge in [0.2, 0.25) is 0 Å². The highest BCUT2D eigenvalue weighted by atomic mass is 35.5. The molecule has 0 atom stereocenters. The summed E-state index contributed by atoms with van der Waals surface area (Å²) in [5, 5.41) is 0. The molecule has 0 aromatic carbocycles. The molecule has 0 N–H and O–H groups in total. The third-order valence-corrected chi connectivity index (χ3v) is 5.58. The fourth-order valence-electron chi connectivity index (χ4n) is 4.93. The Morgan fingerprint density at radius 3 is 2.00 bits per heavy atom. The van der Waals surface area contributed by atoms with Crippen LogP contribution in [0.2, 0.25) is 0 Å². The number of carbonyl (C=O) groups is 2. The molecule has 0 unspecified atom stereocenters. The van der Waals surface area contributed by atoms with Crippen LogP contribution in [0.15, 0.2) is 0 Å². The second kappa shape index (κ2) is 5.62. The van der Waals surface area contributed by atoms with Crippen molar-refractivity contribution in [2.45, 2.75) is 44.6 Å². The molecule has 0 aromatic rings. The predicted molar refractivity (Wildman–Crippen MR) is 73.3 cm³/mol. The lowest BCUT2D eigenvalue weighted by Crippen LogP contribution is -2.56. The molecule has 0 radical (unpaired) electrons. The summed E-state index contributed by atoms with van der Waals surface area (Å²) in [4.78, 5) is 22.4. The summed E-state index contributed by atoms with van der Waals surface area (Å²) in [6, 6.07) is 0. The van der Waals surface area contributed by atoms with Crippen molar-refractivity contribution >= 4 is 23.5 Å². The summed E-state index contributed by atoms with van der Waals surface area (Å²) in [5.41, 5.74) is -1.23. The van der Waals surface area contributed by atoms with Gasteiger partial charge in [0, 0.05) is 0 Å². The number of ether oxygens (including phenoxy) is 2. The molecule has 0 amide bonds. The maximum Gasteiger partial charge on any atom is 0.405 e. The van der Waals surface area contributed by atoms with Crippen molar-refractivity contribution in [2.24, 2.45) is 23.2 Å². The maximum atomic E-state index is 14.6. The summed E-state index contributed by atoms with van der Waals surface area (Å²) in [6.07, 6.45) is 0.819. The van der Waals surface area contributed by atoms with E-state index in [1.165, 1.54) is 0 Å². The maximum absolute atomic E-state index is 14.6. The SMILES string of the molecule is O=C(CCl)OCC(=O)OC(F)(F)C12CC3CC(CC(C3)C1)C2. The summed E-state index contributed by atoms with van der Waals surface area (Å²) in [5.74, 6) is -1.52. The van der Waals surface area contributed by atoms with Crippen molar-refractivity contribution in [3.63, 3.8) is 0 Å². The lowest BCUT2D eigenvalue weighted by molar-refractivity contribution is -0.323. The van der Waals surface area contributed by atoms with Crippen molar-refractivity contribution in [1.82, 2.24) is 0 Å². The zero-order valence-electron chi connectivity index (χ0n) is 12.2. The van der Waals surface area contributed by atoms with Gasteiger partial charge in [0.25, 0.3) is 0 Å². The van der Waals surface area contributed by atoms with Gasteiger partial charge in [-0.3, -0.25) is 4.79 Å². The minimum atomic E-state index is -3.51. The number of halogens is 3. The molecule has 0 saturated heterocycles. The van der Waals surface area contributed by atoms with Crippen LogP contribution in [0.3, 0.4) is 0 Å². The van der Waals surface area contributed by atoms with Crippen molar-refractivity contribution in [1.29, 1.82) is 0 Å². The Bertz CT molecular complexity index is 445. The lowest BCUT2D eigenvalue weighted by atomic mass is 9.49. The Morgan fingerprint density at radius 1 is 1.05 bits per heavy atom. The molecule has 4 bridgehead atoms. The standard InChI is InChI=1S/C15H19ClF2O4/c16-7-12(19)21-8-13(20)22-15(17,18)14-4-9-1-10(5-14)3-11(2-9)6-14/h9-11H,1-8H2. The Labute approximate surface area is 132 Å². The number of alkyl halides is 3. The van der Waals surface area contributed by atoms with E-state index in [2.05, 4.69) is 9.47 Å². The van der Waals surface area contributed by atoms with Gasteiger partial charge in [0.05, 0.1) is 5.41 Å². The van der Waals surface area contributed by atoms with Gasteiger partial charge in [0.15, 0.2) is 6.61 Å². The monoisotopic (exact) mass is 336 g/mol. The van der Waals surface area contributed by atoms with Gasteiger partial charge < -0.3 is 9.47 Å². The average Bonchev–Trinajstić information content (AvgIpc) is 2.42. The molecular formula is C15H19ClF2O4. The van der Waals surface area contributed by atoms with E-state index in [0.717, 1.165) is 19.3 Å². The van der Waals surface area contributed by atoms with Gasteiger partial charge in [-0.05, 0) is 56.3 Å². The Balaban J connectivity index is 1.65. The second-order valence-electron chi connectivity index (χ2n) is 6.98. The topological polar surface area (TPSA) is 52.6 Å². The van der Waals surface area contributed by atoms with Gasteiger partial charge in [0.1, 0.15) is 5.88 Å². The molecule has 4 rings (SSSR count). The third-order valence-electron chi connectivity index (χ3n) is 5.36. The highest BCUT2D eigenvalue weighted by molar-refractivity contribution is 6.26. The smallest absolute Gasteiger partial charge is 0.405 e. The zero-order valence-corrected chi connectivity index (χ0v) is 12.9. The summed E-state index contributed by atoms with van der Waals surface area (Å²) >= 11 is 5.20. The molecule has 22 heavy (non-hydrogen) atoms. The van der Waals surface area contributed by atoms with Crippen LogP contribution in [0.1, 0.15) is 38.5 Å². The first-order valence-electron chi connectivity index (χ1n) is 7.65. The van der Waals surface area contributed by atoms with Gasteiger partial charge in [-0.1, -0.05) is 0 Å². The second-order valence-corrected chi connectivity index (χ2v) is 7.25. The lowest BCUT2D eigenvalue weighted by Gasteiger charge is -2.57. The molecule has 0 aliphatic heterocycles.